The van der Waals surface area contributed by atoms with E-state index in [0.717, 1.165) is 49.0 Å². The lowest BCUT2D eigenvalue weighted by molar-refractivity contribution is 0.679. The quantitative estimate of drug-likeness (QED) is 0.714. The fourth-order valence-corrected chi connectivity index (χ4v) is 3.16. The molecule has 1 aliphatic rings. The normalized spacial score (nSPS) is 14.0. The Hall–Kier alpha value is -2.77. The van der Waals surface area contributed by atoms with Crippen LogP contribution in [0.1, 0.15) is 23.9 Å². The van der Waals surface area contributed by atoms with Crippen LogP contribution in [0.4, 0.5) is 11.6 Å². The zero-order chi connectivity index (χ0) is 16.7. The van der Waals surface area contributed by atoms with E-state index in [4.69, 9.17) is 0 Å². The van der Waals surface area contributed by atoms with Crippen molar-refractivity contribution in [3.63, 3.8) is 0 Å². The molecule has 1 aliphatic heterocycles. The molecule has 0 fully saturated rings. The van der Waals surface area contributed by atoms with Crippen LogP contribution in [0.25, 0.3) is 5.78 Å². The first-order valence-corrected chi connectivity index (χ1v) is 8.12. The van der Waals surface area contributed by atoms with Gasteiger partial charge in [-0.3, -0.25) is 0 Å². The third kappa shape index (κ3) is 2.34. The zero-order valence-electron chi connectivity index (χ0n) is 14.1. The zero-order valence-corrected chi connectivity index (χ0v) is 14.1. The predicted molar refractivity (Wildman–Crippen MR) is 91.3 cm³/mol. The molecule has 4 rings (SSSR count). The van der Waals surface area contributed by atoms with Crippen LogP contribution in [-0.4, -0.2) is 50.2 Å². The topological polar surface area (TPSA) is 75.3 Å². The minimum absolute atomic E-state index is 0.646. The summed E-state index contributed by atoms with van der Waals surface area (Å²) in [7, 11) is 4.03. The Morgan fingerprint density at radius 3 is 2.83 bits per heavy atom. The largest absolute Gasteiger partial charge is 0.362 e. The SMILES string of the molecule is CCc1cc(N2CCc3ncnc(N(C)C)c3C2)n2ncnc2n1. The van der Waals surface area contributed by atoms with Crippen LogP contribution < -0.4 is 9.80 Å². The molecule has 0 bridgehead atoms. The second kappa shape index (κ2) is 5.70. The van der Waals surface area contributed by atoms with Crippen molar-refractivity contribution in [1.29, 1.82) is 0 Å². The third-order valence-corrected chi connectivity index (χ3v) is 4.38. The highest BCUT2D eigenvalue weighted by Crippen LogP contribution is 2.28. The number of hydrogen-bond acceptors (Lipinski definition) is 7. The Morgan fingerprint density at radius 2 is 2.04 bits per heavy atom. The first-order valence-electron chi connectivity index (χ1n) is 8.12. The standard InChI is InChI=1S/C16H20N8/c1-4-11-7-14(24-16(21-11)19-10-20-24)23-6-5-13-12(8-23)15(22(2)3)18-9-17-13/h7,9-10H,4-6,8H2,1-3H3. The number of fused-ring (bicyclic) bond motifs is 2. The molecule has 3 aromatic heterocycles. The molecular formula is C16H20N8. The summed E-state index contributed by atoms with van der Waals surface area (Å²) in [4.78, 5) is 22.0. The highest BCUT2D eigenvalue weighted by Gasteiger charge is 2.24. The van der Waals surface area contributed by atoms with Gasteiger partial charge >= 0.3 is 0 Å². The number of anilines is 2. The molecule has 0 aliphatic carbocycles. The molecule has 8 heteroatoms. The summed E-state index contributed by atoms with van der Waals surface area (Å²) >= 11 is 0. The molecule has 4 heterocycles. The van der Waals surface area contributed by atoms with Crippen LogP contribution in [-0.2, 0) is 19.4 Å². The molecule has 124 valence electrons. The molecule has 0 saturated heterocycles. The van der Waals surface area contributed by atoms with Crippen molar-refractivity contribution < 1.29 is 0 Å². The monoisotopic (exact) mass is 324 g/mol. The number of hydrogen-bond donors (Lipinski definition) is 0. The second-order valence-corrected chi connectivity index (χ2v) is 6.12. The van der Waals surface area contributed by atoms with Gasteiger partial charge in [0.1, 0.15) is 24.3 Å². The van der Waals surface area contributed by atoms with Gasteiger partial charge in [-0.05, 0) is 6.42 Å². The van der Waals surface area contributed by atoms with Crippen molar-refractivity contribution in [3.05, 3.63) is 35.7 Å². The molecule has 0 N–H and O–H groups in total. The first kappa shape index (κ1) is 14.8. The van der Waals surface area contributed by atoms with Gasteiger partial charge in [-0.15, -0.1) is 0 Å². The van der Waals surface area contributed by atoms with Crippen molar-refractivity contribution >= 4 is 17.4 Å². The third-order valence-electron chi connectivity index (χ3n) is 4.38. The number of aryl methyl sites for hydroxylation is 1. The van der Waals surface area contributed by atoms with Gasteiger partial charge in [-0.25, -0.2) is 15.0 Å². The van der Waals surface area contributed by atoms with Crippen LogP contribution in [0.3, 0.4) is 0 Å². The number of rotatable bonds is 3. The van der Waals surface area contributed by atoms with Crippen molar-refractivity contribution in [2.75, 3.05) is 30.4 Å². The van der Waals surface area contributed by atoms with E-state index in [1.165, 1.54) is 5.56 Å². The Kier molecular flexibility index (Phi) is 3.51. The van der Waals surface area contributed by atoms with Crippen molar-refractivity contribution in [1.82, 2.24) is 29.5 Å². The van der Waals surface area contributed by atoms with E-state index in [1.807, 2.05) is 23.5 Å². The molecule has 0 atom stereocenters. The van der Waals surface area contributed by atoms with E-state index in [9.17, 15) is 0 Å². The highest BCUT2D eigenvalue weighted by atomic mass is 15.4. The van der Waals surface area contributed by atoms with Crippen molar-refractivity contribution in [2.45, 2.75) is 26.3 Å². The lowest BCUT2D eigenvalue weighted by Gasteiger charge is -2.32. The van der Waals surface area contributed by atoms with E-state index < -0.39 is 0 Å². The van der Waals surface area contributed by atoms with Gasteiger partial charge in [0, 0.05) is 50.9 Å². The summed E-state index contributed by atoms with van der Waals surface area (Å²) < 4.78 is 1.81. The van der Waals surface area contributed by atoms with E-state index in [2.05, 4.69) is 42.9 Å². The average molecular weight is 324 g/mol. The fourth-order valence-electron chi connectivity index (χ4n) is 3.16. The lowest BCUT2D eigenvalue weighted by atomic mass is 10.1. The molecule has 3 aromatic rings. The molecule has 0 aromatic carbocycles. The molecule has 0 radical (unpaired) electrons. The van der Waals surface area contributed by atoms with E-state index in [1.54, 1.807) is 12.7 Å². The predicted octanol–water partition coefficient (Wildman–Crippen LogP) is 1.11. The van der Waals surface area contributed by atoms with Gasteiger partial charge in [0.15, 0.2) is 0 Å². The fraction of sp³-hybridized carbons (Fsp3) is 0.438. The number of aromatic nitrogens is 6. The maximum atomic E-state index is 4.53. The van der Waals surface area contributed by atoms with Gasteiger partial charge in [0.25, 0.3) is 5.78 Å². The van der Waals surface area contributed by atoms with Crippen molar-refractivity contribution in [2.24, 2.45) is 0 Å². The van der Waals surface area contributed by atoms with E-state index >= 15 is 0 Å². The summed E-state index contributed by atoms with van der Waals surface area (Å²) in [6.45, 7) is 3.74. The van der Waals surface area contributed by atoms with Gasteiger partial charge in [0.05, 0.1) is 5.69 Å². The molecule has 0 amide bonds. The summed E-state index contributed by atoms with van der Waals surface area (Å²) in [5, 5.41) is 4.34. The Labute approximate surface area is 140 Å². The maximum absolute atomic E-state index is 4.53. The molecule has 0 spiro atoms. The van der Waals surface area contributed by atoms with Crippen molar-refractivity contribution in [3.8, 4) is 0 Å². The van der Waals surface area contributed by atoms with Crippen LogP contribution in [0.15, 0.2) is 18.7 Å². The smallest absolute Gasteiger partial charge is 0.254 e. The minimum Gasteiger partial charge on any atom is -0.362 e. The van der Waals surface area contributed by atoms with Gasteiger partial charge < -0.3 is 9.80 Å². The van der Waals surface area contributed by atoms with Gasteiger partial charge in [-0.1, -0.05) is 6.92 Å². The summed E-state index contributed by atoms with van der Waals surface area (Å²) in [5.41, 5.74) is 3.33. The molecule has 0 saturated carbocycles. The summed E-state index contributed by atoms with van der Waals surface area (Å²) in [6, 6.07) is 2.10. The van der Waals surface area contributed by atoms with Crippen LogP contribution >= 0.6 is 0 Å². The summed E-state index contributed by atoms with van der Waals surface area (Å²) in [6.07, 6.45) is 4.96. The Morgan fingerprint density at radius 1 is 1.17 bits per heavy atom. The molecule has 0 unspecified atom stereocenters. The van der Waals surface area contributed by atoms with E-state index in [0.29, 0.717) is 5.78 Å². The number of nitrogens with zero attached hydrogens (tertiary/aromatic N) is 8. The molecular weight excluding hydrogens is 304 g/mol. The summed E-state index contributed by atoms with van der Waals surface area (Å²) in [5.74, 6) is 2.64. The van der Waals surface area contributed by atoms with Crippen LogP contribution in [0.2, 0.25) is 0 Å². The van der Waals surface area contributed by atoms with Gasteiger partial charge in [-0.2, -0.15) is 14.6 Å². The van der Waals surface area contributed by atoms with Gasteiger partial charge in [0.2, 0.25) is 0 Å². The Bertz CT molecular complexity index is 885. The maximum Gasteiger partial charge on any atom is 0.254 e. The first-order chi connectivity index (χ1) is 11.7. The molecule has 24 heavy (non-hydrogen) atoms. The van der Waals surface area contributed by atoms with Crippen LogP contribution in [0.5, 0.6) is 0 Å². The van der Waals surface area contributed by atoms with E-state index in [-0.39, 0.29) is 0 Å². The highest BCUT2D eigenvalue weighted by molar-refractivity contribution is 5.54. The minimum atomic E-state index is 0.646. The van der Waals surface area contributed by atoms with Crippen LogP contribution in [0, 0.1) is 0 Å². The lowest BCUT2D eigenvalue weighted by Crippen LogP contribution is -2.34. The Balaban J connectivity index is 1.79. The second-order valence-electron chi connectivity index (χ2n) is 6.12. The molecule has 8 nitrogen and oxygen atoms in total. The average Bonchev–Trinajstić information content (AvgIpc) is 3.08.